The lowest BCUT2D eigenvalue weighted by Gasteiger charge is -2.20. The molecule has 0 atom stereocenters. The molecular formula is C36H56N6O4. The summed E-state index contributed by atoms with van der Waals surface area (Å²) < 4.78 is 0. The van der Waals surface area contributed by atoms with Gasteiger partial charge in [0.15, 0.2) is 0 Å². The van der Waals surface area contributed by atoms with E-state index in [4.69, 9.17) is 5.73 Å². The van der Waals surface area contributed by atoms with Crippen LogP contribution in [0.3, 0.4) is 0 Å². The molecule has 2 heterocycles. The van der Waals surface area contributed by atoms with Gasteiger partial charge in [-0.15, -0.1) is 0 Å². The molecule has 0 spiro atoms. The van der Waals surface area contributed by atoms with Crippen LogP contribution in [-0.2, 0) is 20.4 Å². The average molecular weight is 637 g/mol. The van der Waals surface area contributed by atoms with Crippen LogP contribution in [0.25, 0.3) is 0 Å². The van der Waals surface area contributed by atoms with Gasteiger partial charge >= 0.3 is 0 Å². The van der Waals surface area contributed by atoms with E-state index in [1.165, 1.54) is 0 Å². The second-order valence-electron chi connectivity index (χ2n) is 14.3. The Labute approximate surface area is 275 Å². The van der Waals surface area contributed by atoms with Gasteiger partial charge in [0.2, 0.25) is 11.8 Å². The highest BCUT2D eigenvalue weighted by Crippen LogP contribution is 2.47. The summed E-state index contributed by atoms with van der Waals surface area (Å²) >= 11 is 0. The van der Waals surface area contributed by atoms with Crippen LogP contribution in [-0.4, -0.2) is 41.9 Å². The lowest BCUT2D eigenvalue weighted by atomic mass is 9.85. The smallest absolute Gasteiger partial charge is 0.294 e. The first-order valence-corrected chi connectivity index (χ1v) is 16.9. The van der Waals surface area contributed by atoms with Crippen molar-refractivity contribution in [1.29, 1.82) is 0 Å². The molecule has 0 radical (unpaired) electrons. The fourth-order valence-corrected chi connectivity index (χ4v) is 6.25. The molecule has 2 aliphatic heterocycles. The Hall–Kier alpha value is -3.82. The molecule has 0 saturated heterocycles. The minimum Gasteiger partial charge on any atom is -0.397 e. The van der Waals surface area contributed by atoms with Crippen molar-refractivity contribution < 1.29 is 14.5 Å². The van der Waals surface area contributed by atoms with Gasteiger partial charge in [-0.3, -0.25) is 19.7 Å². The number of nitrogens with zero attached hydrogens (tertiary/aromatic N) is 3. The molecule has 10 nitrogen and oxygen atoms in total. The van der Waals surface area contributed by atoms with E-state index in [9.17, 15) is 19.7 Å². The maximum atomic E-state index is 12.8. The van der Waals surface area contributed by atoms with Gasteiger partial charge in [-0.05, 0) is 97.6 Å². The highest BCUT2D eigenvalue weighted by Gasteiger charge is 2.46. The van der Waals surface area contributed by atoms with Crippen molar-refractivity contribution in [1.82, 2.24) is 0 Å². The number of nitrogens with one attached hydrogen (secondary N) is 2. The summed E-state index contributed by atoms with van der Waals surface area (Å²) in [5.41, 5.74) is 10.8. The molecule has 46 heavy (non-hydrogen) atoms. The fraction of sp³-hybridized carbons (Fsp3) is 0.611. The molecule has 4 rings (SSSR count). The number of rotatable bonds is 13. The van der Waals surface area contributed by atoms with Crippen LogP contribution in [0.5, 0.6) is 0 Å². The fourth-order valence-electron chi connectivity index (χ4n) is 6.25. The molecule has 0 fully saturated rings. The summed E-state index contributed by atoms with van der Waals surface area (Å²) in [5.74, 6) is 0.198. The van der Waals surface area contributed by atoms with Gasteiger partial charge in [0.25, 0.3) is 5.69 Å². The van der Waals surface area contributed by atoms with Crippen LogP contribution in [0.1, 0.15) is 119 Å². The number of unbranched alkanes of at least 4 members (excludes halogenated alkanes) is 4. The zero-order valence-electron chi connectivity index (χ0n) is 29.7. The van der Waals surface area contributed by atoms with E-state index in [1.54, 1.807) is 17.0 Å². The summed E-state index contributed by atoms with van der Waals surface area (Å²) in [6.07, 6.45) is 6.32. The highest BCUT2D eigenvalue weighted by atomic mass is 16.6. The van der Waals surface area contributed by atoms with Crippen LogP contribution in [0, 0.1) is 10.1 Å². The van der Waals surface area contributed by atoms with Crippen LogP contribution < -0.4 is 26.2 Å². The van der Waals surface area contributed by atoms with Crippen molar-refractivity contribution in [2.45, 2.75) is 131 Å². The van der Waals surface area contributed by atoms with Crippen LogP contribution in [0.4, 0.5) is 34.1 Å². The molecule has 2 aliphatic rings. The van der Waals surface area contributed by atoms with E-state index in [2.05, 4.69) is 44.4 Å². The van der Waals surface area contributed by atoms with Crippen LogP contribution >= 0.6 is 0 Å². The monoisotopic (exact) mass is 636 g/mol. The summed E-state index contributed by atoms with van der Waals surface area (Å²) in [5, 5.41) is 18.0. The van der Waals surface area contributed by atoms with Crippen LogP contribution in [0.15, 0.2) is 24.3 Å². The number of benzene rings is 2. The Bertz CT molecular complexity index is 1430. The number of nitro benzene ring substituents is 1. The van der Waals surface area contributed by atoms with Gasteiger partial charge in [0.05, 0.1) is 38.5 Å². The van der Waals surface area contributed by atoms with E-state index in [-0.39, 0.29) is 28.5 Å². The van der Waals surface area contributed by atoms with E-state index < -0.39 is 10.8 Å². The minimum absolute atomic E-state index is 0.0181. The quantitative estimate of drug-likeness (QED) is 0.0874. The predicted molar refractivity (Wildman–Crippen MR) is 191 cm³/mol. The number of hydrogen-bond donors (Lipinski definition) is 3. The summed E-state index contributed by atoms with van der Waals surface area (Å²) in [6, 6.07) is 7.73. The number of fused-ring (bicyclic) bond motifs is 2. The average Bonchev–Trinajstić information content (AvgIpc) is 3.26. The Balaban J connectivity index is 0.000000251. The molecule has 0 saturated carbocycles. The van der Waals surface area contributed by atoms with Crippen molar-refractivity contribution in [3.8, 4) is 0 Å². The number of nitrogens with two attached hydrogens (primary N) is 1. The van der Waals surface area contributed by atoms with Crippen molar-refractivity contribution in [3.63, 3.8) is 0 Å². The number of amides is 2. The van der Waals surface area contributed by atoms with Gasteiger partial charge in [-0.2, -0.15) is 0 Å². The molecule has 0 aliphatic carbocycles. The molecule has 2 amide bonds. The van der Waals surface area contributed by atoms with Crippen molar-refractivity contribution in [3.05, 3.63) is 45.5 Å². The molecule has 0 unspecified atom stereocenters. The lowest BCUT2D eigenvalue weighted by molar-refractivity contribution is -0.383. The third-order valence-electron chi connectivity index (χ3n) is 8.83. The number of nitro groups is 1. The van der Waals surface area contributed by atoms with E-state index in [1.807, 2.05) is 52.5 Å². The van der Waals surface area contributed by atoms with Crippen LogP contribution in [0.2, 0.25) is 0 Å². The Morgan fingerprint density at radius 3 is 1.57 bits per heavy atom. The molecule has 4 N–H and O–H groups in total. The number of carbonyl (C=O) groups is 2. The minimum atomic E-state index is -0.663. The summed E-state index contributed by atoms with van der Waals surface area (Å²) in [4.78, 5) is 40.3. The highest BCUT2D eigenvalue weighted by molar-refractivity contribution is 6.09. The first-order chi connectivity index (χ1) is 21.5. The largest absolute Gasteiger partial charge is 0.397 e. The normalized spacial score (nSPS) is 16.0. The molecule has 0 bridgehead atoms. The predicted octanol–water partition coefficient (Wildman–Crippen LogP) is 8.13. The summed E-state index contributed by atoms with van der Waals surface area (Å²) in [7, 11) is 0. The zero-order valence-corrected chi connectivity index (χ0v) is 29.7. The van der Waals surface area contributed by atoms with E-state index in [0.717, 1.165) is 67.6 Å². The summed E-state index contributed by atoms with van der Waals surface area (Å²) in [6.45, 7) is 21.5. The molecular weight excluding hydrogens is 580 g/mol. The molecule has 10 heteroatoms. The van der Waals surface area contributed by atoms with Crippen molar-refractivity contribution in [2.24, 2.45) is 0 Å². The standard InChI is InChI=1S/C18H27N3O3.C18H29N3O/c1-6-7-8-9-20-15-11-16(21(23)24)14(19-12(2)3)10-13(15)18(4,5)17(20)22;1-6-7-8-9-21-16-11-14(19)15(20-12(2)3)10-13(16)18(4,5)17(21)22/h10-12,19H,6-9H2,1-5H3;10-12,20H,6-9,19H2,1-5H3. The van der Waals surface area contributed by atoms with Gasteiger partial charge in [0, 0.05) is 31.2 Å². The zero-order chi connectivity index (χ0) is 34.6. The molecule has 2 aromatic rings. The number of nitrogen functional groups attached to an aromatic ring is 1. The Morgan fingerprint density at radius 2 is 1.15 bits per heavy atom. The van der Waals surface area contributed by atoms with E-state index in [0.29, 0.717) is 29.6 Å². The maximum Gasteiger partial charge on any atom is 0.294 e. The van der Waals surface area contributed by atoms with Crippen molar-refractivity contribution >= 4 is 45.9 Å². The Morgan fingerprint density at radius 1 is 0.739 bits per heavy atom. The van der Waals surface area contributed by atoms with Gasteiger partial charge in [-0.25, -0.2) is 0 Å². The molecule has 2 aromatic carbocycles. The second kappa shape index (κ2) is 14.7. The maximum absolute atomic E-state index is 12.8. The second-order valence-corrected chi connectivity index (χ2v) is 14.3. The van der Waals surface area contributed by atoms with Gasteiger partial charge in [0.1, 0.15) is 5.69 Å². The number of carbonyl (C=O) groups excluding carboxylic acids is 2. The number of anilines is 5. The third kappa shape index (κ3) is 7.58. The first-order valence-electron chi connectivity index (χ1n) is 16.9. The lowest BCUT2D eigenvalue weighted by Crippen LogP contribution is -2.36. The SMILES string of the molecule is CCCCCN1C(=O)C(C)(C)c2cc(NC(C)C)c(N)cc21.CCCCCN1C(=O)C(C)(C)c2cc(NC(C)C)c([N+](=O)[O-])cc21. The number of hydrogen-bond acceptors (Lipinski definition) is 7. The molecule has 254 valence electrons. The Kier molecular flexibility index (Phi) is 11.7. The third-order valence-corrected chi connectivity index (χ3v) is 8.83. The molecule has 0 aromatic heterocycles. The van der Waals surface area contributed by atoms with Gasteiger partial charge in [-0.1, -0.05) is 39.5 Å². The topological polar surface area (TPSA) is 134 Å². The van der Waals surface area contributed by atoms with Crippen molar-refractivity contribution in [2.75, 3.05) is 39.3 Å². The van der Waals surface area contributed by atoms with Gasteiger partial charge < -0.3 is 26.2 Å². The van der Waals surface area contributed by atoms with E-state index >= 15 is 0 Å². The first kappa shape index (κ1) is 36.6.